The number of thiophene rings is 1. The Kier molecular flexibility index (Phi) is 5.37. The fourth-order valence-electron chi connectivity index (χ4n) is 2.21. The Morgan fingerprint density at radius 1 is 1.43 bits per heavy atom. The van der Waals surface area contributed by atoms with Gasteiger partial charge < -0.3 is 16.0 Å². The first-order valence-corrected chi connectivity index (χ1v) is 7.82. The minimum absolute atomic E-state index is 0.0134. The lowest BCUT2D eigenvalue weighted by Gasteiger charge is -2.20. The second-order valence-electron chi connectivity index (χ2n) is 4.90. The normalized spacial score (nSPS) is 15.2. The molecule has 5 nitrogen and oxygen atoms in total. The van der Waals surface area contributed by atoms with E-state index in [0.29, 0.717) is 11.4 Å². The Hall–Kier alpha value is -1.84. The van der Waals surface area contributed by atoms with Gasteiger partial charge in [0.1, 0.15) is 6.04 Å². The summed E-state index contributed by atoms with van der Waals surface area (Å²) < 4.78 is 0. The molecule has 112 valence electrons. The van der Waals surface area contributed by atoms with Gasteiger partial charge in [-0.05, 0) is 31.9 Å². The predicted molar refractivity (Wildman–Crippen MR) is 83.0 cm³/mol. The number of likely N-dealkylation sites (tertiary alicyclic amines) is 1. The largest absolute Gasteiger partial charge is 0.341 e. The molecule has 2 rings (SSSR count). The van der Waals surface area contributed by atoms with E-state index < -0.39 is 6.04 Å². The summed E-state index contributed by atoms with van der Waals surface area (Å²) in [6.45, 7) is 3.59. The monoisotopic (exact) mass is 305 g/mol. The van der Waals surface area contributed by atoms with Crippen molar-refractivity contribution in [2.75, 3.05) is 19.6 Å². The van der Waals surface area contributed by atoms with Crippen LogP contribution < -0.4 is 11.1 Å². The molecule has 0 bridgehead atoms. The highest BCUT2D eigenvalue weighted by molar-refractivity contribution is 7.14. The van der Waals surface area contributed by atoms with Gasteiger partial charge in [-0.15, -0.1) is 11.3 Å². The molecule has 6 heteroatoms. The van der Waals surface area contributed by atoms with E-state index >= 15 is 0 Å². The number of nitrogens with two attached hydrogens (primary N) is 1. The van der Waals surface area contributed by atoms with Gasteiger partial charge >= 0.3 is 0 Å². The molecule has 3 N–H and O–H groups in total. The van der Waals surface area contributed by atoms with Gasteiger partial charge in [-0.1, -0.05) is 11.8 Å². The molecule has 0 aromatic carbocycles. The van der Waals surface area contributed by atoms with E-state index in [0.717, 1.165) is 30.8 Å². The van der Waals surface area contributed by atoms with E-state index in [1.807, 2.05) is 0 Å². The SMILES string of the molecule is CC(NC(=O)c1ccc(C#CCN)s1)C(=O)N1CCCC1. The third-order valence-electron chi connectivity index (χ3n) is 3.28. The molecule has 0 saturated carbocycles. The summed E-state index contributed by atoms with van der Waals surface area (Å²) in [5.74, 6) is 5.39. The van der Waals surface area contributed by atoms with Crippen molar-refractivity contribution >= 4 is 23.2 Å². The van der Waals surface area contributed by atoms with Crippen LogP contribution in [0, 0.1) is 11.8 Å². The summed E-state index contributed by atoms with van der Waals surface area (Å²) in [4.78, 5) is 27.4. The topological polar surface area (TPSA) is 75.4 Å². The molecule has 0 aliphatic carbocycles. The molecule has 1 saturated heterocycles. The molecule has 21 heavy (non-hydrogen) atoms. The fourth-order valence-corrected chi connectivity index (χ4v) is 2.99. The molecule has 1 aromatic rings. The Morgan fingerprint density at radius 3 is 2.81 bits per heavy atom. The van der Waals surface area contributed by atoms with Gasteiger partial charge in [-0.3, -0.25) is 9.59 Å². The van der Waals surface area contributed by atoms with Crippen LogP contribution in [0.25, 0.3) is 0 Å². The predicted octanol–water partition coefficient (Wildman–Crippen LogP) is 0.799. The zero-order chi connectivity index (χ0) is 15.2. The smallest absolute Gasteiger partial charge is 0.262 e. The fraction of sp³-hybridized carbons (Fsp3) is 0.467. The summed E-state index contributed by atoms with van der Waals surface area (Å²) in [5, 5.41) is 2.75. The van der Waals surface area contributed by atoms with Crippen molar-refractivity contribution < 1.29 is 9.59 Å². The molecule has 0 radical (unpaired) electrons. The molecular formula is C15H19N3O2S. The van der Waals surface area contributed by atoms with Crippen molar-refractivity contribution in [3.05, 3.63) is 21.9 Å². The average Bonchev–Trinajstić information content (AvgIpc) is 3.15. The number of nitrogens with zero attached hydrogens (tertiary/aromatic N) is 1. The standard InChI is InChI=1S/C15H19N3O2S/c1-11(15(20)18-9-2-3-10-18)17-14(19)13-7-6-12(21-13)5-4-8-16/h6-7,11H,2-3,8-10,16H2,1H3,(H,17,19). The number of hydrogen-bond acceptors (Lipinski definition) is 4. The zero-order valence-electron chi connectivity index (χ0n) is 12.0. The van der Waals surface area contributed by atoms with Crippen molar-refractivity contribution in [3.8, 4) is 11.8 Å². The maximum atomic E-state index is 12.1. The lowest BCUT2D eigenvalue weighted by molar-refractivity contribution is -0.131. The van der Waals surface area contributed by atoms with Gasteiger partial charge in [0.05, 0.1) is 16.3 Å². The lowest BCUT2D eigenvalue weighted by Crippen LogP contribution is -2.45. The molecule has 1 atom stereocenters. The van der Waals surface area contributed by atoms with Crippen molar-refractivity contribution in [2.45, 2.75) is 25.8 Å². The number of carbonyl (C=O) groups excluding carboxylic acids is 2. The maximum Gasteiger partial charge on any atom is 0.262 e. The highest BCUT2D eigenvalue weighted by Crippen LogP contribution is 2.16. The quantitative estimate of drug-likeness (QED) is 0.811. The van der Waals surface area contributed by atoms with Crippen molar-refractivity contribution in [1.29, 1.82) is 0 Å². The van der Waals surface area contributed by atoms with Gasteiger partial charge in [-0.25, -0.2) is 0 Å². The first-order chi connectivity index (χ1) is 10.1. The van der Waals surface area contributed by atoms with E-state index in [9.17, 15) is 9.59 Å². The summed E-state index contributed by atoms with van der Waals surface area (Å²) in [6.07, 6.45) is 2.08. The number of carbonyl (C=O) groups is 2. The second-order valence-corrected chi connectivity index (χ2v) is 5.98. The van der Waals surface area contributed by atoms with E-state index in [1.54, 1.807) is 24.0 Å². The third-order valence-corrected chi connectivity index (χ3v) is 4.28. The van der Waals surface area contributed by atoms with Gasteiger partial charge in [-0.2, -0.15) is 0 Å². The lowest BCUT2D eigenvalue weighted by atomic mass is 10.3. The van der Waals surface area contributed by atoms with Crippen LogP contribution in [0.5, 0.6) is 0 Å². The minimum atomic E-state index is -0.503. The van der Waals surface area contributed by atoms with Crippen molar-refractivity contribution in [2.24, 2.45) is 5.73 Å². The van der Waals surface area contributed by atoms with E-state index in [-0.39, 0.29) is 11.8 Å². The summed E-state index contributed by atoms with van der Waals surface area (Å²) in [6, 6.07) is 3.00. The van der Waals surface area contributed by atoms with Crippen LogP contribution in [0.2, 0.25) is 0 Å². The maximum absolute atomic E-state index is 12.1. The molecular weight excluding hydrogens is 286 g/mol. The Labute approximate surface area is 128 Å². The van der Waals surface area contributed by atoms with E-state index in [4.69, 9.17) is 5.73 Å². The van der Waals surface area contributed by atoms with Gasteiger partial charge in [0, 0.05) is 13.1 Å². The van der Waals surface area contributed by atoms with Crippen LogP contribution in [-0.4, -0.2) is 42.4 Å². The molecule has 1 fully saturated rings. The Balaban J connectivity index is 1.94. The molecule has 2 heterocycles. The van der Waals surface area contributed by atoms with Gasteiger partial charge in [0.25, 0.3) is 5.91 Å². The van der Waals surface area contributed by atoms with Crippen LogP contribution in [0.1, 0.15) is 34.3 Å². The molecule has 1 unspecified atom stereocenters. The Morgan fingerprint density at radius 2 is 2.14 bits per heavy atom. The number of rotatable bonds is 3. The number of amides is 2. The van der Waals surface area contributed by atoms with Crippen LogP contribution in [0.3, 0.4) is 0 Å². The number of nitrogens with one attached hydrogen (secondary N) is 1. The van der Waals surface area contributed by atoms with Gasteiger partial charge in [0.2, 0.25) is 5.91 Å². The van der Waals surface area contributed by atoms with Crippen LogP contribution >= 0.6 is 11.3 Å². The Bertz CT molecular complexity index is 579. The van der Waals surface area contributed by atoms with Crippen LogP contribution in [0.4, 0.5) is 0 Å². The van der Waals surface area contributed by atoms with Crippen molar-refractivity contribution in [1.82, 2.24) is 10.2 Å². The third kappa shape index (κ3) is 4.06. The van der Waals surface area contributed by atoms with Crippen LogP contribution in [-0.2, 0) is 4.79 Å². The first-order valence-electron chi connectivity index (χ1n) is 7.00. The van der Waals surface area contributed by atoms with Gasteiger partial charge in [0.15, 0.2) is 0 Å². The summed E-state index contributed by atoms with van der Waals surface area (Å²) >= 11 is 1.30. The molecule has 2 amide bonds. The minimum Gasteiger partial charge on any atom is -0.341 e. The van der Waals surface area contributed by atoms with Crippen LogP contribution in [0.15, 0.2) is 12.1 Å². The highest BCUT2D eigenvalue weighted by atomic mass is 32.1. The zero-order valence-corrected chi connectivity index (χ0v) is 12.8. The first kappa shape index (κ1) is 15.5. The van der Waals surface area contributed by atoms with Crippen molar-refractivity contribution in [3.63, 3.8) is 0 Å². The van der Waals surface area contributed by atoms with E-state index in [2.05, 4.69) is 17.2 Å². The van der Waals surface area contributed by atoms with E-state index in [1.165, 1.54) is 11.3 Å². The summed E-state index contributed by atoms with van der Waals surface area (Å²) in [7, 11) is 0. The molecule has 0 spiro atoms. The average molecular weight is 305 g/mol. The molecule has 1 aliphatic rings. The molecule has 1 aliphatic heterocycles. The summed E-state index contributed by atoms with van der Waals surface area (Å²) in [5.41, 5.74) is 5.31. The highest BCUT2D eigenvalue weighted by Gasteiger charge is 2.24. The second kappa shape index (κ2) is 7.25. The molecule has 1 aromatic heterocycles. The number of hydrogen-bond donors (Lipinski definition) is 2.